The van der Waals surface area contributed by atoms with Gasteiger partial charge in [0.2, 0.25) is 17.7 Å². The monoisotopic (exact) mass is 758 g/mol. The minimum atomic E-state index is -1.20. The second-order valence-electron chi connectivity index (χ2n) is 13.7. The van der Waals surface area contributed by atoms with E-state index in [0.29, 0.717) is 12.8 Å². The van der Waals surface area contributed by atoms with Gasteiger partial charge in [-0.15, -0.1) is 0 Å². The summed E-state index contributed by atoms with van der Waals surface area (Å²) in [6.07, 6.45) is 29.2. The third-order valence-corrected chi connectivity index (χ3v) is 8.97. The van der Waals surface area contributed by atoms with E-state index in [1.165, 1.54) is 103 Å². The van der Waals surface area contributed by atoms with E-state index in [4.69, 9.17) is 20.1 Å². The zero-order valence-electron chi connectivity index (χ0n) is 33.5. The van der Waals surface area contributed by atoms with Gasteiger partial charge in [0.25, 0.3) is 6.47 Å². The highest BCUT2D eigenvalue weighted by molar-refractivity contribution is 5.86. The Morgan fingerprint density at radius 1 is 0.679 bits per heavy atom. The zero-order valence-corrected chi connectivity index (χ0v) is 33.5. The summed E-state index contributed by atoms with van der Waals surface area (Å²) in [5.41, 5.74) is 0. The van der Waals surface area contributed by atoms with E-state index >= 15 is 0 Å². The van der Waals surface area contributed by atoms with E-state index in [1.807, 2.05) is 6.92 Å². The molecule has 1 aliphatic rings. The fourth-order valence-corrected chi connectivity index (χ4v) is 5.59. The number of nitrogens with one attached hydrogen (secondary N) is 3. The first-order valence-corrected chi connectivity index (χ1v) is 20.2. The van der Waals surface area contributed by atoms with Gasteiger partial charge < -0.3 is 36.1 Å². The van der Waals surface area contributed by atoms with E-state index in [0.717, 1.165) is 38.5 Å². The summed E-state index contributed by atoms with van der Waals surface area (Å²) in [5.74, 6) is -2.92. The molecular formula is C40H75N3O10. The predicted molar refractivity (Wildman–Crippen MR) is 209 cm³/mol. The number of unbranched alkanes of at least 4 members (excludes halogenated alkanes) is 16. The summed E-state index contributed by atoms with van der Waals surface area (Å²) < 4.78 is 0. The van der Waals surface area contributed by atoms with Crippen molar-refractivity contribution < 1.29 is 48.9 Å². The molecule has 0 bridgehead atoms. The van der Waals surface area contributed by atoms with Crippen LogP contribution in [0.2, 0.25) is 0 Å². The molecule has 0 aromatic carbocycles. The van der Waals surface area contributed by atoms with Crippen molar-refractivity contribution in [3.05, 3.63) is 0 Å². The van der Waals surface area contributed by atoms with Gasteiger partial charge in [-0.2, -0.15) is 0 Å². The molecule has 0 saturated heterocycles. The van der Waals surface area contributed by atoms with Crippen molar-refractivity contribution in [3.63, 3.8) is 0 Å². The summed E-state index contributed by atoms with van der Waals surface area (Å²) in [4.78, 5) is 74.1. The first-order chi connectivity index (χ1) is 25.4. The molecule has 1 unspecified atom stereocenters. The second-order valence-corrected chi connectivity index (χ2v) is 13.7. The van der Waals surface area contributed by atoms with E-state index in [9.17, 15) is 28.8 Å². The van der Waals surface area contributed by atoms with Crippen LogP contribution in [0.5, 0.6) is 0 Å². The molecule has 0 radical (unpaired) electrons. The SMILES string of the molecule is CCC(C)=O.CCCCCCCCCCCCCCCCCCCC(=O)NC.O=C(O)CNC(=O)CCC(NC(=O)C1CCCCC1)C(=O)O.O=CO. The van der Waals surface area contributed by atoms with Gasteiger partial charge in [-0.3, -0.25) is 24.0 Å². The van der Waals surface area contributed by atoms with Crippen LogP contribution in [0.3, 0.4) is 0 Å². The molecule has 0 heterocycles. The first kappa shape index (κ1) is 53.8. The summed E-state index contributed by atoms with van der Waals surface area (Å²) in [6, 6.07) is -1.13. The number of hydrogen-bond acceptors (Lipinski definition) is 7. The molecule has 310 valence electrons. The Bertz CT molecular complexity index is 955. The number of hydrogen-bond donors (Lipinski definition) is 6. The van der Waals surface area contributed by atoms with Crippen LogP contribution in [0.4, 0.5) is 0 Å². The van der Waals surface area contributed by atoms with Crippen LogP contribution in [-0.4, -0.2) is 76.9 Å². The Morgan fingerprint density at radius 2 is 1.09 bits per heavy atom. The van der Waals surface area contributed by atoms with Crippen LogP contribution in [-0.2, 0) is 33.6 Å². The smallest absolute Gasteiger partial charge is 0.326 e. The highest BCUT2D eigenvalue weighted by Gasteiger charge is 2.26. The lowest BCUT2D eigenvalue weighted by Crippen LogP contribution is -2.44. The van der Waals surface area contributed by atoms with Crippen LogP contribution in [0, 0.1) is 5.92 Å². The topological polar surface area (TPSA) is 216 Å². The molecule has 0 aromatic rings. The van der Waals surface area contributed by atoms with Crippen molar-refractivity contribution >= 4 is 41.9 Å². The third kappa shape index (κ3) is 42.8. The van der Waals surface area contributed by atoms with E-state index in [1.54, 1.807) is 14.0 Å². The molecule has 1 saturated carbocycles. The zero-order chi connectivity index (χ0) is 40.5. The number of carbonyl (C=O) groups excluding carboxylic acids is 4. The van der Waals surface area contributed by atoms with Gasteiger partial charge in [-0.05, 0) is 32.6 Å². The molecule has 13 nitrogen and oxygen atoms in total. The normalized spacial score (nSPS) is 12.5. The molecular weight excluding hydrogens is 682 g/mol. The summed E-state index contributed by atoms with van der Waals surface area (Å²) in [7, 11) is 1.72. The molecule has 1 atom stereocenters. The Kier molecular flexibility index (Phi) is 41.9. The number of amides is 3. The molecule has 0 spiro atoms. The molecule has 53 heavy (non-hydrogen) atoms. The van der Waals surface area contributed by atoms with Crippen molar-refractivity contribution in [1.29, 1.82) is 0 Å². The average molecular weight is 758 g/mol. The maximum atomic E-state index is 12.0. The van der Waals surface area contributed by atoms with Gasteiger partial charge in [0.15, 0.2) is 0 Å². The van der Waals surface area contributed by atoms with Crippen LogP contribution in [0.15, 0.2) is 0 Å². The standard InChI is InChI=1S/C21H43NO.C14H22N2O6.C4H8O.CH2O2/c1-3-4-5-6-7-8-9-10-11-12-13-14-15-16-17-18-19-20-21(23)22-2;17-11(15-8-12(18)19)7-6-10(14(21)22)16-13(20)9-4-2-1-3-5-9;1-3-4(2)5;2-1-3/h3-20H2,1-2H3,(H,22,23);9-10H,1-8H2,(H,15,17)(H,16,20)(H,18,19)(H,21,22);3H2,1-2H3;1H,(H,2,3). The number of rotatable bonds is 27. The van der Waals surface area contributed by atoms with Crippen LogP contribution in [0.25, 0.3) is 0 Å². The van der Waals surface area contributed by atoms with E-state index in [-0.39, 0.29) is 42.8 Å². The Morgan fingerprint density at radius 3 is 1.45 bits per heavy atom. The fraction of sp³-hybridized carbons (Fsp3) is 0.825. The largest absolute Gasteiger partial charge is 0.483 e. The lowest BCUT2D eigenvalue weighted by molar-refractivity contribution is -0.143. The second kappa shape index (κ2) is 41.2. The van der Waals surface area contributed by atoms with Gasteiger partial charge in [0, 0.05) is 32.2 Å². The molecule has 1 fully saturated rings. The van der Waals surface area contributed by atoms with Gasteiger partial charge in [-0.1, -0.05) is 136 Å². The molecule has 1 aliphatic carbocycles. The third-order valence-electron chi connectivity index (χ3n) is 8.97. The van der Waals surface area contributed by atoms with Crippen molar-refractivity contribution in [1.82, 2.24) is 16.0 Å². The molecule has 3 amide bonds. The Labute approximate surface area is 319 Å². The minimum absolute atomic E-state index is 0.0702. The minimum Gasteiger partial charge on any atom is -0.483 e. The Balaban J connectivity index is -0.000000783. The molecule has 0 aromatic heterocycles. The highest BCUT2D eigenvalue weighted by Crippen LogP contribution is 2.24. The summed E-state index contributed by atoms with van der Waals surface area (Å²) in [5, 5.41) is 31.7. The van der Waals surface area contributed by atoms with Gasteiger partial charge in [0.05, 0.1) is 0 Å². The Hall–Kier alpha value is -3.51. The van der Waals surface area contributed by atoms with Gasteiger partial charge >= 0.3 is 11.9 Å². The summed E-state index contributed by atoms with van der Waals surface area (Å²) in [6.45, 7) is 4.96. The molecule has 6 N–H and O–H groups in total. The maximum absolute atomic E-state index is 12.0. The quantitative estimate of drug-likeness (QED) is 0.0357. The highest BCUT2D eigenvalue weighted by atomic mass is 16.4. The lowest BCUT2D eigenvalue weighted by Gasteiger charge is -2.23. The van der Waals surface area contributed by atoms with Crippen molar-refractivity contribution in [2.24, 2.45) is 5.92 Å². The van der Waals surface area contributed by atoms with E-state index in [2.05, 4.69) is 22.9 Å². The molecule has 13 heteroatoms. The number of Topliss-reactive ketones (excluding diaryl/α,β-unsaturated/α-hetero) is 1. The van der Waals surface area contributed by atoms with Gasteiger partial charge in [-0.25, -0.2) is 4.79 Å². The number of ketones is 1. The predicted octanol–water partition coefficient (Wildman–Crippen LogP) is 7.58. The van der Waals surface area contributed by atoms with Gasteiger partial charge in [0.1, 0.15) is 18.4 Å². The number of carbonyl (C=O) groups is 7. The molecule has 1 rings (SSSR count). The first-order valence-electron chi connectivity index (χ1n) is 20.2. The maximum Gasteiger partial charge on any atom is 0.326 e. The van der Waals surface area contributed by atoms with Crippen LogP contribution >= 0.6 is 0 Å². The number of aliphatic carboxylic acids is 2. The van der Waals surface area contributed by atoms with Crippen LogP contribution < -0.4 is 16.0 Å². The fourth-order valence-electron chi connectivity index (χ4n) is 5.59. The van der Waals surface area contributed by atoms with Crippen molar-refractivity contribution in [2.75, 3.05) is 13.6 Å². The van der Waals surface area contributed by atoms with Crippen molar-refractivity contribution in [2.45, 2.75) is 194 Å². The molecule has 0 aliphatic heterocycles. The van der Waals surface area contributed by atoms with Crippen LogP contribution in [0.1, 0.15) is 188 Å². The summed E-state index contributed by atoms with van der Waals surface area (Å²) >= 11 is 0. The van der Waals surface area contributed by atoms with E-state index < -0.39 is 30.4 Å². The number of carboxylic acids is 2. The van der Waals surface area contributed by atoms with Crippen molar-refractivity contribution in [3.8, 4) is 0 Å². The average Bonchev–Trinajstić information content (AvgIpc) is 3.14. The number of carboxylic acid groups (broad SMARTS) is 3. The lowest BCUT2D eigenvalue weighted by atomic mass is 9.88.